The summed E-state index contributed by atoms with van der Waals surface area (Å²) >= 11 is 0. The number of hydrogen-bond acceptors (Lipinski definition) is 5. The van der Waals surface area contributed by atoms with Gasteiger partial charge in [-0.2, -0.15) is 5.10 Å². The van der Waals surface area contributed by atoms with E-state index >= 15 is 0 Å². The van der Waals surface area contributed by atoms with Crippen LogP contribution in [-0.2, 0) is 16.7 Å². The number of aromatic amines is 1. The Labute approximate surface area is 156 Å². The van der Waals surface area contributed by atoms with Gasteiger partial charge in [0.1, 0.15) is 6.33 Å². The highest BCUT2D eigenvalue weighted by atomic mass is 16.7. The van der Waals surface area contributed by atoms with Crippen molar-refractivity contribution in [3.05, 3.63) is 83.2 Å². The highest BCUT2D eigenvalue weighted by Crippen LogP contribution is 2.40. The second-order valence-corrected chi connectivity index (χ2v) is 6.39. The van der Waals surface area contributed by atoms with E-state index in [2.05, 4.69) is 38.4 Å². The Kier molecular flexibility index (Phi) is 4.29. The minimum absolute atomic E-state index is 0.297. The number of nitrogens with zero attached hydrogens (tertiary/aromatic N) is 4. The Morgan fingerprint density at radius 2 is 2.07 bits per heavy atom. The van der Waals surface area contributed by atoms with Crippen molar-refractivity contribution in [3.8, 4) is 0 Å². The minimum atomic E-state index is -0.461. The Balaban J connectivity index is 1.82. The van der Waals surface area contributed by atoms with Crippen LogP contribution in [0.2, 0.25) is 0 Å². The molecule has 0 radical (unpaired) electrons. The van der Waals surface area contributed by atoms with Crippen LogP contribution in [-0.4, -0.2) is 45.3 Å². The largest absolute Gasteiger partial charge is 0.298 e. The van der Waals surface area contributed by atoms with Crippen molar-refractivity contribution >= 4 is 12.0 Å². The third-order valence-corrected chi connectivity index (χ3v) is 4.96. The maximum Gasteiger partial charge on any atom is 0.298 e. The quantitative estimate of drug-likeness (QED) is 0.722. The number of carbonyl (C=O) groups excluding carboxylic acids is 1. The van der Waals surface area contributed by atoms with Crippen molar-refractivity contribution in [3.63, 3.8) is 0 Å². The maximum absolute atomic E-state index is 12.5. The Hall–Kier alpha value is -3.32. The molecular formula is C20H19N5O2. The maximum atomic E-state index is 12.5. The first-order chi connectivity index (χ1) is 13.2. The summed E-state index contributed by atoms with van der Waals surface area (Å²) in [7, 11) is 3.01. The van der Waals surface area contributed by atoms with E-state index in [1.54, 1.807) is 19.6 Å². The van der Waals surface area contributed by atoms with Crippen molar-refractivity contribution in [1.29, 1.82) is 0 Å². The topological polar surface area (TPSA) is 84.0 Å². The van der Waals surface area contributed by atoms with Gasteiger partial charge in [-0.3, -0.25) is 14.7 Å². The molecule has 1 N–H and O–H groups in total. The van der Waals surface area contributed by atoms with Gasteiger partial charge < -0.3 is 0 Å². The van der Waals surface area contributed by atoms with Gasteiger partial charge in [0.05, 0.1) is 18.2 Å². The molecule has 2 heterocycles. The predicted octanol–water partition coefficient (Wildman–Crippen LogP) is 2.39. The SMILES string of the molecule is CON(C)C(=O)c1n[nH]c2c1C=CC(c1ccccc1)(c1ccncn1)C2. The lowest BCUT2D eigenvalue weighted by Gasteiger charge is -2.33. The third kappa shape index (κ3) is 2.82. The van der Waals surface area contributed by atoms with Crippen LogP contribution in [0.1, 0.15) is 33.0 Å². The average molecular weight is 361 g/mol. The summed E-state index contributed by atoms with van der Waals surface area (Å²) in [5, 5.41) is 8.43. The number of H-pyrrole nitrogens is 1. The standard InChI is InChI=1S/C20H19N5O2/c1-25(27-2)19(26)18-15-8-10-20(12-16(15)23-24-18,14-6-4-3-5-7-14)17-9-11-21-13-22-17/h3-11,13H,12H2,1-2H3,(H,23,24). The molecule has 136 valence electrons. The molecule has 1 aromatic carbocycles. The monoisotopic (exact) mass is 361 g/mol. The molecule has 0 aliphatic heterocycles. The van der Waals surface area contributed by atoms with Gasteiger partial charge in [-0.15, -0.1) is 0 Å². The molecule has 0 spiro atoms. The molecular weight excluding hydrogens is 342 g/mol. The molecule has 0 fully saturated rings. The molecule has 27 heavy (non-hydrogen) atoms. The number of benzene rings is 1. The van der Waals surface area contributed by atoms with Gasteiger partial charge in [0.15, 0.2) is 5.69 Å². The van der Waals surface area contributed by atoms with Crippen LogP contribution in [0, 0.1) is 0 Å². The van der Waals surface area contributed by atoms with Crippen LogP contribution >= 0.6 is 0 Å². The molecule has 7 nitrogen and oxygen atoms in total. The molecule has 1 unspecified atom stereocenters. The molecule has 4 rings (SSSR count). The summed E-state index contributed by atoms with van der Waals surface area (Å²) in [5.74, 6) is -0.297. The van der Waals surface area contributed by atoms with Crippen molar-refractivity contribution < 1.29 is 9.63 Å². The van der Waals surface area contributed by atoms with Crippen molar-refractivity contribution in [2.75, 3.05) is 14.2 Å². The van der Waals surface area contributed by atoms with Gasteiger partial charge in [-0.05, 0) is 11.6 Å². The third-order valence-electron chi connectivity index (χ3n) is 4.96. The van der Waals surface area contributed by atoms with Gasteiger partial charge >= 0.3 is 0 Å². The van der Waals surface area contributed by atoms with E-state index in [1.165, 1.54) is 7.11 Å². The van der Waals surface area contributed by atoms with Gasteiger partial charge in [0.2, 0.25) is 0 Å². The number of rotatable bonds is 4. The van der Waals surface area contributed by atoms with E-state index in [-0.39, 0.29) is 5.91 Å². The van der Waals surface area contributed by atoms with Crippen LogP contribution in [0.15, 0.2) is 55.0 Å². The highest BCUT2D eigenvalue weighted by Gasteiger charge is 2.38. The van der Waals surface area contributed by atoms with Gasteiger partial charge in [0.25, 0.3) is 5.91 Å². The fourth-order valence-electron chi connectivity index (χ4n) is 3.47. The molecule has 0 bridgehead atoms. The van der Waals surface area contributed by atoms with Crippen molar-refractivity contribution in [1.82, 2.24) is 25.2 Å². The summed E-state index contributed by atoms with van der Waals surface area (Å²) in [4.78, 5) is 26.0. The van der Waals surface area contributed by atoms with E-state index in [4.69, 9.17) is 4.84 Å². The normalized spacial score (nSPS) is 18.1. The van der Waals surface area contributed by atoms with E-state index < -0.39 is 5.41 Å². The van der Waals surface area contributed by atoms with Crippen LogP contribution in [0.4, 0.5) is 0 Å². The lowest BCUT2D eigenvalue weighted by atomic mass is 9.70. The second kappa shape index (κ2) is 6.77. The molecule has 1 amide bonds. The summed E-state index contributed by atoms with van der Waals surface area (Å²) < 4.78 is 0. The van der Waals surface area contributed by atoms with Gasteiger partial charge in [-0.1, -0.05) is 42.5 Å². The molecule has 1 atom stereocenters. The van der Waals surface area contributed by atoms with E-state index in [0.717, 1.165) is 27.6 Å². The molecule has 7 heteroatoms. The first-order valence-electron chi connectivity index (χ1n) is 8.56. The number of hydroxylamine groups is 2. The van der Waals surface area contributed by atoms with E-state index in [0.29, 0.717) is 12.1 Å². The zero-order valence-electron chi connectivity index (χ0n) is 15.1. The fraction of sp³-hybridized carbons (Fsp3) is 0.200. The van der Waals surface area contributed by atoms with Crippen molar-refractivity contribution in [2.24, 2.45) is 0 Å². The smallest absolute Gasteiger partial charge is 0.281 e. The zero-order chi connectivity index (χ0) is 18.9. The van der Waals surface area contributed by atoms with Crippen LogP contribution < -0.4 is 0 Å². The summed E-state index contributed by atoms with van der Waals surface area (Å²) in [6, 6.07) is 12.1. The van der Waals surface area contributed by atoms with Crippen LogP contribution in [0.25, 0.3) is 6.08 Å². The lowest BCUT2D eigenvalue weighted by molar-refractivity contribution is -0.0760. The van der Waals surface area contributed by atoms with Crippen LogP contribution in [0.3, 0.4) is 0 Å². The number of amides is 1. The molecule has 2 aromatic heterocycles. The number of fused-ring (bicyclic) bond motifs is 1. The molecule has 3 aromatic rings. The Morgan fingerprint density at radius 3 is 2.78 bits per heavy atom. The lowest BCUT2D eigenvalue weighted by Crippen LogP contribution is -2.32. The van der Waals surface area contributed by atoms with Crippen molar-refractivity contribution in [2.45, 2.75) is 11.8 Å². The van der Waals surface area contributed by atoms with Crippen LogP contribution in [0.5, 0.6) is 0 Å². The summed E-state index contributed by atoms with van der Waals surface area (Å²) in [6.45, 7) is 0. The van der Waals surface area contributed by atoms with Gasteiger partial charge in [-0.25, -0.2) is 15.0 Å². The number of hydrogen-bond donors (Lipinski definition) is 1. The predicted molar refractivity (Wildman–Crippen MR) is 99.7 cm³/mol. The minimum Gasteiger partial charge on any atom is -0.281 e. The fourth-order valence-corrected chi connectivity index (χ4v) is 3.47. The Bertz CT molecular complexity index is 943. The molecule has 0 saturated carbocycles. The molecule has 1 aliphatic rings. The summed E-state index contributed by atoms with van der Waals surface area (Å²) in [5.41, 5.74) is 3.55. The number of aromatic nitrogens is 4. The van der Waals surface area contributed by atoms with Gasteiger partial charge in [0, 0.05) is 30.9 Å². The first kappa shape index (κ1) is 17.1. The summed E-state index contributed by atoms with van der Waals surface area (Å²) in [6.07, 6.45) is 7.93. The first-order valence-corrected chi connectivity index (χ1v) is 8.56. The second-order valence-electron chi connectivity index (χ2n) is 6.39. The zero-order valence-corrected chi connectivity index (χ0v) is 15.1. The number of carbonyl (C=O) groups is 1. The molecule has 1 aliphatic carbocycles. The Morgan fingerprint density at radius 1 is 1.26 bits per heavy atom. The number of allylic oxidation sites excluding steroid dienone is 1. The number of nitrogens with one attached hydrogen (secondary N) is 1. The van der Waals surface area contributed by atoms with E-state index in [9.17, 15) is 4.79 Å². The highest BCUT2D eigenvalue weighted by molar-refractivity contribution is 5.96. The molecule has 0 saturated heterocycles. The average Bonchev–Trinajstić information content (AvgIpc) is 3.16. The van der Waals surface area contributed by atoms with E-state index in [1.807, 2.05) is 30.3 Å².